The molecule has 0 aliphatic carbocycles. The van der Waals surface area contributed by atoms with Gasteiger partial charge in [0.1, 0.15) is 19.0 Å². The third kappa shape index (κ3) is 2.42. The maximum atomic E-state index is 6.03. The van der Waals surface area contributed by atoms with Gasteiger partial charge in [-0.1, -0.05) is 6.07 Å². The monoisotopic (exact) mass is 272 g/mol. The quantitative estimate of drug-likeness (QED) is 0.841. The molecule has 1 aliphatic heterocycles. The molecule has 0 spiro atoms. The van der Waals surface area contributed by atoms with Crippen LogP contribution in [0.2, 0.25) is 0 Å². The van der Waals surface area contributed by atoms with Crippen LogP contribution in [0.3, 0.4) is 0 Å². The topological polar surface area (TPSA) is 65.7 Å². The summed E-state index contributed by atoms with van der Waals surface area (Å²) >= 11 is 0. The number of nitrogen functional groups attached to an aromatic ring is 1. The molecule has 0 radical (unpaired) electrons. The van der Waals surface area contributed by atoms with Crippen molar-refractivity contribution < 1.29 is 14.2 Å². The third-order valence-electron chi connectivity index (χ3n) is 3.06. The van der Waals surface area contributed by atoms with Crippen molar-refractivity contribution in [3.05, 3.63) is 36.4 Å². The zero-order chi connectivity index (χ0) is 13.9. The molecule has 0 atom stereocenters. The van der Waals surface area contributed by atoms with E-state index in [1.807, 2.05) is 30.3 Å². The fraction of sp³-hybridized carbons (Fsp3) is 0.200. The Bertz CT molecular complexity index is 629. The molecule has 5 nitrogen and oxygen atoms in total. The molecule has 20 heavy (non-hydrogen) atoms. The molecule has 3 N–H and O–H groups in total. The molecule has 0 bridgehead atoms. The van der Waals surface area contributed by atoms with E-state index in [1.54, 1.807) is 13.2 Å². The zero-order valence-corrected chi connectivity index (χ0v) is 11.2. The summed E-state index contributed by atoms with van der Waals surface area (Å²) in [4.78, 5) is 0. The highest BCUT2D eigenvalue weighted by Crippen LogP contribution is 2.38. The summed E-state index contributed by atoms with van der Waals surface area (Å²) < 4.78 is 16.2. The smallest absolute Gasteiger partial charge is 0.163 e. The van der Waals surface area contributed by atoms with Crippen LogP contribution in [0.25, 0.3) is 0 Å². The Kier molecular flexibility index (Phi) is 3.25. The molecule has 0 amide bonds. The van der Waals surface area contributed by atoms with E-state index >= 15 is 0 Å². The van der Waals surface area contributed by atoms with Crippen molar-refractivity contribution in [3.8, 4) is 17.2 Å². The van der Waals surface area contributed by atoms with Crippen LogP contribution >= 0.6 is 0 Å². The van der Waals surface area contributed by atoms with Gasteiger partial charge in [-0.05, 0) is 12.1 Å². The number of nitrogens with one attached hydrogen (secondary N) is 1. The second-order valence-electron chi connectivity index (χ2n) is 4.44. The van der Waals surface area contributed by atoms with Crippen molar-refractivity contribution in [1.82, 2.24) is 0 Å². The summed E-state index contributed by atoms with van der Waals surface area (Å²) in [5, 5.41) is 3.26. The normalized spacial score (nSPS) is 12.8. The molecule has 5 heteroatoms. The van der Waals surface area contributed by atoms with E-state index < -0.39 is 0 Å². The first kappa shape index (κ1) is 12.5. The van der Waals surface area contributed by atoms with Crippen molar-refractivity contribution in [3.63, 3.8) is 0 Å². The minimum atomic E-state index is 0.551. The number of benzene rings is 2. The lowest BCUT2D eigenvalue weighted by molar-refractivity contribution is 0.172. The number of rotatable bonds is 3. The molecular weight excluding hydrogens is 256 g/mol. The highest BCUT2D eigenvalue weighted by Gasteiger charge is 2.14. The largest absolute Gasteiger partial charge is 0.497 e. The standard InChI is InChI=1S/C15H16N2O3/c1-18-11-4-2-3-10(7-11)17-13-9-15-14(8-12(13)16)19-5-6-20-15/h2-4,7-9,17H,5-6,16H2,1H3. The molecular formula is C15H16N2O3. The van der Waals surface area contributed by atoms with Crippen LogP contribution in [-0.2, 0) is 0 Å². The summed E-state index contributed by atoms with van der Waals surface area (Å²) in [5.41, 5.74) is 8.32. The molecule has 104 valence electrons. The molecule has 2 aromatic rings. The average molecular weight is 272 g/mol. The van der Waals surface area contributed by atoms with Crippen molar-refractivity contribution in [1.29, 1.82) is 0 Å². The minimum absolute atomic E-state index is 0.551. The van der Waals surface area contributed by atoms with Gasteiger partial charge in [0.2, 0.25) is 0 Å². The predicted molar refractivity (Wildman–Crippen MR) is 78.1 cm³/mol. The minimum Gasteiger partial charge on any atom is -0.497 e. The molecule has 0 saturated carbocycles. The van der Waals surface area contributed by atoms with Gasteiger partial charge in [-0.25, -0.2) is 0 Å². The van der Waals surface area contributed by atoms with Gasteiger partial charge in [-0.3, -0.25) is 0 Å². The van der Waals surface area contributed by atoms with Crippen LogP contribution in [0.4, 0.5) is 17.1 Å². The second kappa shape index (κ2) is 5.21. The van der Waals surface area contributed by atoms with E-state index in [9.17, 15) is 0 Å². The maximum absolute atomic E-state index is 6.03. The van der Waals surface area contributed by atoms with Gasteiger partial charge in [0.15, 0.2) is 11.5 Å². The van der Waals surface area contributed by atoms with Crippen LogP contribution in [0, 0.1) is 0 Å². The van der Waals surface area contributed by atoms with E-state index in [1.165, 1.54) is 0 Å². The van der Waals surface area contributed by atoms with Crippen LogP contribution < -0.4 is 25.3 Å². The first-order chi connectivity index (χ1) is 9.76. The first-order valence-corrected chi connectivity index (χ1v) is 6.36. The summed E-state index contributed by atoms with van der Waals surface area (Å²) in [6, 6.07) is 11.3. The molecule has 0 unspecified atom stereocenters. The highest BCUT2D eigenvalue weighted by atomic mass is 16.6. The molecule has 1 aliphatic rings. The van der Waals surface area contributed by atoms with Gasteiger partial charge in [-0.15, -0.1) is 0 Å². The molecule has 3 rings (SSSR count). The number of hydrogen-bond donors (Lipinski definition) is 2. The number of ether oxygens (including phenoxy) is 3. The third-order valence-corrected chi connectivity index (χ3v) is 3.06. The lowest BCUT2D eigenvalue weighted by Gasteiger charge is -2.20. The summed E-state index contributed by atoms with van der Waals surface area (Å²) in [7, 11) is 1.64. The van der Waals surface area contributed by atoms with Crippen molar-refractivity contribution in [2.75, 3.05) is 31.4 Å². The molecule has 2 aromatic carbocycles. The Balaban J connectivity index is 1.90. The van der Waals surface area contributed by atoms with Crippen LogP contribution in [-0.4, -0.2) is 20.3 Å². The van der Waals surface area contributed by atoms with E-state index in [2.05, 4.69) is 5.32 Å². The number of methoxy groups -OCH3 is 1. The summed E-state index contributed by atoms with van der Waals surface area (Å²) in [6.45, 7) is 1.10. The predicted octanol–water partition coefficient (Wildman–Crippen LogP) is 2.79. The Labute approximate surface area is 117 Å². The second-order valence-corrected chi connectivity index (χ2v) is 4.44. The fourth-order valence-electron chi connectivity index (χ4n) is 2.07. The number of fused-ring (bicyclic) bond motifs is 1. The lowest BCUT2D eigenvalue weighted by atomic mass is 10.2. The van der Waals surface area contributed by atoms with Gasteiger partial charge in [0.05, 0.1) is 18.5 Å². The zero-order valence-electron chi connectivity index (χ0n) is 11.2. The highest BCUT2D eigenvalue weighted by molar-refractivity contribution is 5.77. The van der Waals surface area contributed by atoms with Crippen LogP contribution in [0.15, 0.2) is 36.4 Å². The molecule has 0 aromatic heterocycles. The van der Waals surface area contributed by atoms with Crippen molar-refractivity contribution >= 4 is 17.1 Å². The molecule has 0 saturated heterocycles. The Hall–Kier alpha value is -2.56. The van der Waals surface area contributed by atoms with E-state index in [0.29, 0.717) is 30.4 Å². The number of nitrogens with two attached hydrogens (primary N) is 1. The summed E-state index contributed by atoms with van der Waals surface area (Å²) in [5.74, 6) is 2.17. The number of hydrogen-bond acceptors (Lipinski definition) is 5. The van der Waals surface area contributed by atoms with Gasteiger partial charge >= 0.3 is 0 Å². The SMILES string of the molecule is COc1cccc(Nc2cc3c(cc2N)OCCO3)c1. The maximum Gasteiger partial charge on any atom is 0.163 e. The lowest BCUT2D eigenvalue weighted by Crippen LogP contribution is -2.15. The van der Waals surface area contributed by atoms with Crippen molar-refractivity contribution in [2.24, 2.45) is 0 Å². The molecule has 0 fully saturated rings. The molecule has 1 heterocycles. The Morgan fingerprint density at radius 2 is 1.85 bits per heavy atom. The van der Waals surface area contributed by atoms with E-state index in [-0.39, 0.29) is 0 Å². The van der Waals surface area contributed by atoms with Crippen LogP contribution in [0.1, 0.15) is 0 Å². The number of anilines is 3. The van der Waals surface area contributed by atoms with E-state index in [4.69, 9.17) is 19.9 Å². The van der Waals surface area contributed by atoms with Crippen molar-refractivity contribution in [2.45, 2.75) is 0 Å². The van der Waals surface area contributed by atoms with Gasteiger partial charge in [-0.2, -0.15) is 0 Å². The van der Waals surface area contributed by atoms with Crippen LogP contribution in [0.5, 0.6) is 17.2 Å². The Morgan fingerprint density at radius 3 is 2.60 bits per heavy atom. The van der Waals surface area contributed by atoms with E-state index in [0.717, 1.165) is 17.1 Å². The fourth-order valence-corrected chi connectivity index (χ4v) is 2.07. The van der Waals surface area contributed by atoms with Gasteiger partial charge < -0.3 is 25.3 Å². The first-order valence-electron chi connectivity index (χ1n) is 6.36. The average Bonchev–Trinajstić information content (AvgIpc) is 2.48. The van der Waals surface area contributed by atoms with Gasteiger partial charge in [0.25, 0.3) is 0 Å². The summed E-state index contributed by atoms with van der Waals surface area (Å²) in [6.07, 6.45) is 0. The Morgan fingerprint density at radius 1 is 1.10 bits per heavy atom. The van der Waals surface area contributed by atoms with Gasteiger partial charge in [0, 0.05) is 23.9 Å².